The summed E-state index contributed by atoms with van der Waals surface area (Å²) < 4.78 is 28.4. The van der Waals surface area contributed by atoms with E-state index in [1.807, 2.05) is 0 Å². The maximum absolute atomic E-state index is 12.0. The van der Waals surface area contributed by atoms with Crippen molar-refractivity contribution in [2.45, 2.75) is 24.2 Å². The average Bonchev–Trinajstić information content (AvgIpc) is 2.28. The summed E-state index contributed by atoms with van der Waals surface area (Å²) in [4.78, 5) is 0.126. The number of unbranched alkanes of at least 4 members (excludes halogenated alkanes) is 2. The van der Waals surface area contributed by atoms with E-state index in [4.69, 9.17) is 11.6 Å². The molecule has 1 N–H and O–H groups in total. The Morgan fingerprint density at radius 1 is 1.28 bits per heavy atom. The first kappa shape index (κ1) is 16.7. The van der Waals surface area contributed by atoms with Gasteiger partial charge in [-0.2, -0.15) is 0 Å². The summed E-state index contributed by atoms with van der Waals surface area (Å²) in [6.07, 6.45) is 2.98. The van der Waals surface area contributed by atoms with E-state index in [0.29, 0.717) is 6.54 Å². The van der Waals surface area contributed by atoms with E-state index in [-0.39, 0.29) is 9.92 Å². The van der Waals surface area contributed by atoms with Gasteiger partial charge in [0, 0.05) is 11.0 Å². The second-order valence-corrected chi connectivity index (χ2v) is 7.86. The Labute approximate surface area is 135 Å². The first-order chi connectivity index (χ1) is 8.47. The van der Waals surface area contributed by atoms with Gasteiger partial charge >= 0.3 is 0 Å². The Morgan fingerprint density at radius 3 is 2.61 bits per heavy atom. The molecular formula is C11H14BrClINO2S. The highest BCUT2D eigenvalue weighted by atomic mass is 127. The molecule has 0 heterocycles. The van der Waals surface area contributed by atoms with Crippen molar-refractivity contribution in [3.8, 4) is 0 Å². The standard InChI is InChI=1S/C11H14BrClINO2S/c12-9-4-5-11(10(13)8-9)18(16,17)15-7-3-1-2-6-14/h4-5,8,15H,1-3,6-7H2. The van der Waals surface area contributed by atoms with E-state index in [1.54, 1.807) is 12.1 Å². The van der Waals surface area contributed by atoms with Gasteiger partial charge < -0.3 is 0 Å². The van der Waals surface area contributed by atoms with Gasteiger partial charge in [-0.1, -0.05) is 56.5 Å². The molecule has 0 amide bonds. The molecule has 0 saturated heterocycles. The lowest BCUT2D eigenvalue weighted by atomic mass is 10.3. The molecule has 0 unspecified atom stereocenters. The molecule has 102 valence electrons. The fraction of sp³-hybridized carbons (Fsp3) is 0.455. The van der Waals surface area contributed by atoms with Gasteiger partial charge in [0.1, 0.15) is 4.90 Å². The highest BCUT2D eigenvalue weighted by molar-refractivity contribution is 14.1. The summed E-state index contributed by atoms with van der Waals surface area (Å²) in [5.41, 5.74) is 0. The van der Waals surface area contributed by atoms with Crippen LogP contribution in [0.25, 0.3) is 0 Å². The molecule has 0 fully saturated rings. The minimum absolute atomic E-state index is 0.126. The van der Waals surface area contributed by atoms with Crippen molar-refractivity contribution < 1.29 is 8.42 Å². The Bertz CT molecular complexity index is 496. The maximum Gasteiger partial charge on any atom is 0.242 e. The molecule has 3 nitrogen and oxygen atoms in total. The van der Waals surface area contributed by atoms with Gasteiger partial charge in [-0.25, -0.2) is 13.1 Å². The summed E-state index contributed by atoms with van der Waals surface area (Å²) in [6, 6.07) is 4.74. The monoisotopic (exact) mass is 465 g/mol. The lowest BCUT2D eigenvalue weighted by molar-refractivity contribution is 0.576. The molecule has 1 aromatic rings. The van der Waals surface area contributed by atoms with E-state index in [2.05, 4.69) is 43.2 Å². The van der Waals surface area contributed by atoms with E-state index in [1.165, 1.54) is 6.07 Å². The summed E-state index contributed by atoms with van der Waals surface area (Å²) in [5, 5.41) is 0.226. The highest BCUT2D eigenvalue weighted by Gasteiger charge is 2.17. The van der Waals surface area contributed by atoms with Crippen LogP contribution in [0.2, 0.25) is 5.02 Å². The third kappa shape index (κ3) is 5.32. The van der Waals surface area contributed by atoms with E-state index in [9.17, 15) is 8.42 Å². The molecule has 1 rings (SSSR count). The van der Waals surface area contributed by atoms with Crippen LogP contribution in [-0.2, 0) is 10.0 Å². The van der Waals surface area contributed by atoms with Gasteiger partial charge in [-0.05, 0) is 35.5 Å². The fourth-order valence-corrected chi connectivity index (χ4v) is 4.02. The van der Waals surface area contributed by atoms with Crippen LogP contribution in [0.4, 0.5) is 0 Å². The average molecular weight is 467 g/mol. The first-order valence-electron chi connectivity index (χ1n) is 5.48. The van der Waals surface area contributed by atoms with E-state index < -0.39 is 10.0 Å². The van der Waals surface area contributed by atoms with Gasteiger partial charge in [-0.3, -0.25) is 0 Å². The van der Waals surface area contributed by atoms with Crippen molar-refractivity contribution in [3.05, 3.63) is 27.7 Å². The summed E-state index contributed by atoms with van der Waals surface area (Å²) in [6.45, 7) is 0.450. The van der Waals surface area contributed by atoms with Crippen molar-refractivity contribution in [1.82, 2.24) is 4.72 Å². The van der Waals surface area contributed by atoms with Crippen molar-refractivity contribution in [3.63, 3.8) is 0 Å². The molecule has 0 spiro atoms. The Kier molecular flexibility index (Phi) is 7.45. The Hall–Kier alpha value is 0.630. The predicted octanol–water partition coefficient (Wildman–Crippen LogP) is 3.99. The highest BCUT2D eigenvalue weighted by Crippen LogP contribution is 2.24. The third-order valence-corrected chi connectivity index (χ3v) is 5.49. The number of sulfonamides is 1. The summed E-state index contributed by atoms with van der Waals surface area (Å²) >= 11 is 11.5. The van der Waals surface area contributed by atoms with Gasteiger partial charge in [0.05, 0.1) is 5.02 Å². The molecule has 1 aromatic carbocycles. The molecule has 0 aliphatic rings. The second-order valence-electron chi connectivity index (χ2n) is 3.72. The minimum atomic E-state index is -3.50. The molecule has 0 saturated carbocycles. The van der Waals surface area contributed by atoms with Gasteiger partial charge in [0.2, 0.25) is 10.0 Å². The fourth-order valence-electron chi connectivity index (χ4n) is 1.37. The lowest BCUT2D eigenvalue weighted by Gasteiger charge is -2.08. The van der Waals surface area contributed by atoms with Crippen LogP contribution < -0.4 is 4.72 Å². The van der Waals surface area contributed by atoms with Crippen LogP contribution in [0.15, 0.2) is 27.6 Å². The maximum atomic E-state index is 12.0. The first-order valence-corrected chi connectivity index (χ1v) is 9.66. The third-order valence-electron chi connectivity index (χ3n) is 2.29. The van der Waals surface area contributed by atoms with Crippen LogP contribution in [0.3, 0.4) is 0 Å². The number of hydrogen-bond donors (Lipinski definition) is 1. The van der Waals surface area contributed by atoms with E-state index >= 15 is 0 Å². The second kappa shape index (κ2) is 8.04. The lowest BCUT2D eigenvalue weighted by Crippen LogP contribution is -2.25. The zero-order chi connectivity index (χ0) is 13.6. The molecule has 18 heavy (non-hydrogen) atoms. The van der Waals surface area contributed by atoms with Gasteiger partial charge in [0.25, 0.3) is 0 Å². The van der Waals surface area contributed by atoms with Crippen LogP contribution in [-0.4, -0.2) is 19.4 Å². The zero-order valence-electron chi connectivity index (χ0n) is 9.63. The molecule has 0 aromatic heterocycles. The molecule has 0 atom stereocenters. The largest absolute Gasteiger partial charge is 0.242 e. The van der Waals surface area contributed by atoms with Crippen LogP contribution in [0.5, 0.6) is 0 Å². The molecule has 0 radical (unpaired) electrons. The normalized spacial score (nSPS) is 11.7. The number of nitrogens with one attached hydrogen (secondary N) is 1. The smallest absolute Gasteiger partial charge is 0.211 e. The van der Waals surface area contributed by atoms with Crippen molar-refractivity contribution in [2.24, 2.45) is 0 Å². The van der Waals surface area contributed by atoms with Gasteiger partial charge in [0.15, 0.2) is 0 Å². The van der Waals surface area contributed by atoms with Crippen LogP contribution in [0, 0.1) is 0 Å². The van der Waals surface area contributed by atoms with Crippen molar-refractivity contribution in [2.75, 3.05) is 11.0 Å². The molecule has 0 aliphatic heterocycles. The number of alkyl halides is 1. The Morgan fingerprint density at radius 2 is 2.00 bits per heavy atom. The Balaban J connectivity index is 2.63. The van der Waals surface area contributed by atoms with Gasteiger partial charge in [-0.15, -0.1) is 0 Å². The van der Waals surface area contributed by atoms with Crippen molar-refractivity contribution in [1.29, 1.82) is 0 Å². The summed E-state index contributed by atoms with van der Waals surface area (Å²) in [5.74, 6) is 0. The SMILES string of the molecule is O=S(=O)(NCCCCCI)c1ccc(Br)cc1Cl. The number of hydrogen-bond acceptors (Lipinski definition) is 2. The molecule has 7 heteroatoms. The van der Waals surface area contributed by atoms with Crippen LogP contribution >= 0.6 is 50.1 Å². The minimum Gasteiger partial charge on any atom is -0.211 e. The quantitative estimate of drug-likeness (QED) is 0.375. The molecule has 0 bridgehead atoms. The molecule has 0 aliphatic carbocycles. The number of rotatable bonds is 7. The zero-order valence-corrected chi connectivity index (χ0v) is 14.9. The predicted molar refractivity (Wildman–Crippen MR) is 87.1 cm³/mol. The van der Waals surface area contributed by atoms with Crippen LogP contribution in [0.1, 0.15) is 19.3 Å². The topological polar surface area (TPSA) is 46.2 Å². The number of halogens is 3. The van der Waals surface area contributed by atoms with Crippen molar-refractivity contribution >= 4 is 60.1 Å². The summed E-state index contributed by atoms with van der Waals surface area (Å²) in [7, 11) is -3.50. The number of benzene rings is 1. The molecular weight excluding hydrogens is 452 g/mol. The van der Waals surface area contributed by atoms with E-state index in [0.717, 1.165) is 28.2 Å².